The van der Waals surface area contributed by atoms with E-state index < -0.39 is 23.8 Å². The molecule has 0 aromatic heterocycles. The molecular formula is C16H21F3N2O3. The maximum absolute atomic E-state index is 12.9. The molecule has 1 aliphatic rings. The number of nitrogens with two attached hydrogens (primary N) is 1. The largest absolute Gasteiger partial charge is 0.416 e. The lowest BCUT2D eigenvalue weighted by Crippen LogP contribution is -2.30. The van der Waals surface area contributed by atoms with Crippen molar-refractivity contribution < 1.29 is 27.4 Å². The van der Waals surface area contributed by atoms with Gasteiger partial charge in [-0.3, -0.25) is 4.79 Å². The number of carbonyl (C=O) groups is 1. The molecule has 0 bridgehead atoms. The van der Waals surface area contributed by atoms with Crippen molar-refractivity contribution >= 4 is 11.6 Å². The molecule has 1 aromatic rings. The Morgan fingerprint density at radius 1 is 1.46 bits per heavy atom. The van der Waals surface area contributed by atoms with Crippen LogP contribution in [0.25, 0.3) is 0 Å². The Hall–Kier alpha value is -1.64. The SMILES string of the molecule is CC(OCC1CCCO1)C(=O)Nc1cc(CN)cc(C(F)(F)F)c1. The van der Waals surface area contributed by atoms with E-state index in [1.54, 1.807) is 6.92 Å². The van der Waals surface area contributed by atoms with Gasteiger partial charge in [-0.15, -0.1) is 0 Å². The van der Waals surface area contributed by atoms with Crippen molar-refractivity contribution in [2.75, 3.05) is 18.5 Å². The summed E-state index contributed by atoms with van der Waals surface area (Å²) < 4.78 is 49.5. The first-order valence-corrected chi connectivity index (χ1v) is 7.75. The fourth-order valence-corrected chi connectivity index (χ4v) is 2.39. The van der Waals surface area contributed by atoms with Crippen LogP contribution in [0, 0.1) is 0 Å². The first kappa shape index (κ1) is 18.7. The minimum atomic E-state index is -4.51. The highest BCUT2D eigenvalue weighted by molar-refractivity contribution is 5.94. The van der Waals surface area contributed by atoms with Crippen molar-refractivity contribution in [1.29, 1.82) is 0 Å². The average molecular weight is 346 g/mol. The lowest BCUT2D eigenvalue weighted by atomic mass is 10.1. The Bertz CT molecular complexity index is 572. The number of anilines is 1. The summed E-state index contributed by atoms with van der Waals surface area (Å²) in [5, 5.41) is 2.44. The molecule has 0 spiro atoms. The Labute approximate surface area is 138 Å². The average Bonchev–Trinajstić information content (AvgIpc) is 3.04. The fraction of sp³-hybridized carbons (Fsp3) is 0.562. The molecule has 2 unspecified atom stereocenters. The van der Waals surface area contributed by atoms with Gasteiger partial charge in [0.2, 0.25) is 0 Å². The number of rotatable bonds is 6. The first-order valence-electron chi connectivity index (χ1n) is 7.75. The molecule has 8 heteroatoms. The van der Waals surface area contributed by atoms with Gasteiger partial charge in [0.15, 0.2) is 0 Å². The van der Waals surface area contributed by atoms with Crippen LogP contribution in [0.15, 0.2) is 18.2 Å². The van der Waals surface area contributed by atoms with Gasteiger partial charge in [0.05, 0.1) is 18.3 Å². The normalized spacial score (nSPS) is 19.3. The quantitative estimate of drug-likeness (QED) is 0.831. The summed E-state index contributed by atoms with van der Waals surface area (Å²) in [6.45, 7) is 2.45. The third kappa shape index (κ3) is 5.19. The zero-order valence-electron chi connectivity index (χ0n) is 13.4. The second-order valence-corrected chi connectivity index (χ2v) is 5.72. The van der Waals surface area contributed by atoms with Crippen LogP contribution in [0.4, 0.5) is 18.9 Å². The van der Waals surface area contributed by atoms with E-state index in [1.807, 2.05) is 0 Å². The molecule has 0 radical (unpaired) electrons. The van der Waals surface area contributed by atoms with Crippen LogP contribution in [0.1, 0.15) is 30.9 Å². The zero-order chi connectivity index (χ0) is 17.7. The van der Waals surface area contributed by atoms with Crippen LogP contribution >= 0.6 is 0 Å². The number of nitrogens with one attached hydrogen (secondary N) is 1. The predicted molar refractivity (Wildman–Crippen MR) is 82.4 cm³/mol. The molecule has 0 aliphatic carbocycles. The molecule has 1 amide bonds. The molecule has 3 N–H and O–H groups in total. The van der Waals surface area contributed by atoms with Gasteiger partial charge in [-0.05, 0) is 43.5 Å². The summed E-state index contributed by atoms with van der Waals surface area (Å²) in [5.74, 6) is -0.518. The van der Waals surface area contributed by atoms with Gasteiger partial charge in [-0.25, -0.2) is 0 Å². The third-order valence-electron chi connectivity index (χ3n) is 3.75. The van der Waals surface area contributed by atoms with Crippen molar-refractivity contribution in [1.82, 2.24) is 0 Å². The highest BCUT2D eigenvalue weighted by atomic mass is 19.4. The van der Waals surface area contributed by atoms with Gasteiger partial charge in [-0.2, -0.15) is 13.2 Å². The van der Waals surface area contributed by atoms with E-state index in [2.05, 4.69) is 5.32 Å². The number of carbonyl (C=O) groups excluding carboxylic acids is 1. The molecule has 134 valence electrons. The van der Waals surface area contributed by atoms with Gasteiger partial charge >= 0.3 is 6.18 Å². The van der Waals surface area contributed by atoms with Crippen molar-refractivity contribution in [3.63, 3.8) is 0 Å². The van der Waals surface area contributed by atoms with E-state index in [9.17, 15) is 18.0 Å². The number of amides is 1. The standard InChI is InChI=1S/C16H21F3N2O3/c1-10(24-9-14-3-2-4-23-14)15(22)21-13-6-11(8-20)5-12(7-13)16(17,18)19/h5-7,10,14H,2-4,8-9,20H2,1H3,(H,21,22). The summed E-state index contributed by atoms with van der Waals surface area (Å²) in [4.78, 5) is 12.1. The van der Waals surface area contributed by atoms with E-state index >= 15 is 0 Å². The lowest BCUT2D eigenvalue weighted by Gasteiger charge is -2.17. The molecule has 5 nitrogen and oxygen atoms in total. The summed E-state index contributed by atoms with van der Waals surface area (Å²) in [6.07, 6.45) is -3.50. The van der Waals surface area contributed by atoms with Crippen LogP contribution in [-0.4, -0.2) is 31.3 Å². The summed E-state index contributed by atoms with van der Waals surface area (Å²) in [7, 11) is 0. The van der Waals surface area contributed by atoms with E-state index in [0.29, 0.717) is 6.61 Å². The summed E-state index contributed by atoms with van der Waals surface area (Å²) in [6, 6.07) is 3.26. The summed E-state index contributed by atoms with van der Waals surface area (Å²) >= 11 is 0. The Morgan fingerprint density at radius 2 is 2.21 bits per heavy atom. The number of hydrogen-bond acceptors (Lipinski definition) is 4. The molecule has 2 atom stereocenters. The number of hydrogen-bond donors (Lipinski definition) is 2. The van der Waals surface area contributed by atoms with Gasteiger partial charge in [0.1, 0.15) is 6.10 Å². The maximum Gasteiger partial charge on any atom is 0.416 e. The van der Waals surface area contributed by atoms with E-state index in [4.69, 9.17) is 15.2 Å². The van der Waals surface area contributed by atoms with Gasteiger partial charge in [-0.1, -0.05) is 0 Å². The fourth-order valence-electron chi connectivity index (χ4n) is 2.39. The van der Waals surface area contributed by atoms with Crippen molar-refractivity contribution in [3.8, 4) is 0 Å². The van der Waals surface area contributed by atoms with Crippen LogP contribution in [0.2, 0.25) is 0 Å². The molecule has 1 fully saturated rings. The van der Waals surface area contributed by atoms with Crippen LogP contribution in [-0.2, 0) is 27.0 Å². The molecule has 1 heterocycles. The van der Waals surface area contributed by atoms with Crippen molar-refractivity contribution in [2.24, 2.45) is 5.73 Å². The van der Waals surface area contributed by atoms with E-state index in [-0.39, 0.29) is 30.5 Å². The number of benzene rings is 1. The topological polar surface area (TPSA) is 73.6 Å². The highest BCUT2D eigenvalue weighted by Crippen LogP contribution is 2.32. The number of ether oxygens (including phenoxy) is 2. The highest BCUT2D eigenvalue weighted by Gasteiger charge is 2.31. The molecule has 1 saturated heterocycles. The van der Waals surface area contributed by atoms with Crippen LogP contribution in [0.5, 0.6) is 0 Å². The second kappa shape index (κ2) is 7.96. The number of alkyl halides is 3. The van der Waals surface area contributed by atoms with E-state index in [0.717, 1.165) is 25.0 Å². The first-order chi connectivity index (χ1) is 11.3. The second-order valence-electron chi connectivity index (χ2n) is 5.72. The Balaban J connectivity index is 1.99. The third-order valence-corrected chi connectivity index (χ3v) is 3.75. The van der Waals surface area contributed by atoms with Crippen LogP contribution < -0.4 is 11.1 Å². The molecular weight excluding hydrogens is 325 g/mol. The lowest BCUT2D eigenvalue weighted by molar-refractivity contribution is -0.137. The Morgan fingerprint density at radius 3 is 2.79 bits per heavy atom. The minimum absolute atomic E-state index is 0.0300. The van der Waals surface area contributed by atoms with Crippen LogP contribution in [0.3, 0.4) is 0 Å². The summed E-state index contributed by atoms with van der Waals surface area (Å²) in [5.41, 5.74) is 4.90. The smallest absolute Gasteiger partial charge is 0.376 e. The zero-order valence-corrected chi connectivity index (χ0v) is 13.4. The Kier molecular flexibility index (Phi) is 6.20. The molecule has 1 aliphatic heterocycles. The molecule has 1 aromatic carbocycles. The van der Waals surface area contributed by atoms with Crippen molar-refractivity contribution in [2.45, 2.75) is 44.7 Å². The van der Waals surface area contributed by atoms with E-state index in [1.165, 1.54) is 6.07 Å². The predicted octanol–water partition coefficient (Wildman–Crippen LogP) is 2.69. The molecule has 2 rings (SSSR count). The molecule has 24 heavy (non-hydrogen) atoms. The van der Waals surface area contributed by atoms with Gasteiger partial charge in [0, 0.05) is 18.8 Å². The van der Waals surface area contributed by atoms with Gasteiger partial charge < -0.3 is 20.5 Å². The van der Waals surface area contributed by atoms with Gasteiger partial charge in [0.25, 0.3) is 5.91 Å². The monoisotopic (exact) mass is 346 g/mol. The van der Waals surface area contributed by atoms with Crippen molar-refractivity contribution in [3.05, 3.63) is 29.3 Å². The molecule has 0 saturated carbocycles. The number of halogens is 3. The maximum atomic E-state index is 12.9. The minimum Gasteiger partial charge on any atom is -0.376 e.